The molecule has 3 N–H and O–H groups in total. The fourth-order valence-corrected chi connectivity index (χ4v) is 3.13. The van der Waals surface area contributed by atoms with Crippen molar-refractivity contribution in [1.29, 1.82) is 0 Å². The number of nitrogens with zero attached hydrogens (tertiary/aromatic N) is 1. The van der Waals surface area contributed by atoms with Gasteiger partial charge >= 0.3 is 0 Å². The van der Waals surface area contributed by atoms with Gasteiger partial charge in [0.2, 0.25) is 5.91 Å². The number of nitrogens with two attached hydrogens (primary N) is 1. The largest absolute Gasteiger partial charge is 0.366 e. The number of aromatic nitrogens is 1. The van der Waals surface area contributed by atoms with Crippen molar-refractivity contribution in [1.82, 2.24) is 4.98 Å². The monoisotopic (exact) mass is 349 g/mol. The first-order valence-corrected chi connectivity index (χ1v) is 8.61. The number of carbonyl (C=O) groups excluding carboxylic acids is 1. The van der Waals surface area contributed by atoms with Crippen molar-refractivity contribution >= 4 is 35.1 Å². The zero-order valence-electron chi connectivity index (χ0n) is 13.3. The molecular formula is C17H20ClN3OS. The summed E-state index contributed by atoms with van der Waals surface area (Å²) < 4.78 is 0. The lowest BCUT2D eigenvalue weighted by atomic mass is 10.1. The maximum atomic E-state index is 11.1. The standard InChI is InChI=1S/C17H20ClN3OS/c1-10(2)23-14-6-4-12(5-7-14)11(3)21-17-15(18)8-13(9-20-17)16(19)22/h4-11H,1-3H3,(H2,19,22)(H,20,21). The molecular weight excluding hydrogens is 330 g/mol. The highest BCUT2D eigenvalue weighted by Crippen LogP contribution is 2.27. The van der Waals surface area contributed by atoms with Crippen LogP contribution in [0.5, 0.6) is 0 Å². The second kappa shape index (κ2) is 7.70. The number of anilines is 1. The van der Waals surface area contributed by atoms with Crippen molar-refractivity contribution in [2.24, 2.45) is 5.73 Å². The predicted octanol–water partition coefficient (Wildman–Crippen LogP) is 4.51. The van der Waals surface area contributed by atoms with Crippen LogP contribution in [0.3, 0.4) is 0 Å². The molecule has 0 saturated heterocycles. The summed E-state index contributed by atoms with van der Waals surface area (Å²) in [6, 6.07) is 9.97. The number of thioether (sulfide) groups is 1. The van der Waals surface area contributed by atoms with E-state index in [-0.39, 0.29) is 6.04 Å². The summed E-state index contributed by atoms with van der Waals surface area (Å²) in [6.07, 6.45) is 1.42. The van der Waals surface area contributed by atoms with Gasteiger partial charge in [-0.05, 0) is 30.7 Å². The molecule has 0 spiro atoms. The van der Waals surface area contributed by atoms with Gasteiger partial charge in [-0.3, -0.25) is 4.79 Å². The van der Waals surface area contributed by atoms with E-state index in [4.69, 9.17) is 17.3 Å². The van der Waals surface area contributed by atoms with E-state index in [1.54, 1.807) is 0 Å². The molecule has 1 atom stereocenters. The summed E-state index contributed by atoms with van der Waals surface area (Å²) in [5, 5.41) is 4.18. The van der Waals surface area contributed by atoms with E-state index in [2.05, 4.69) is 48.4 Å². The SMILES string of the molecule is CC(C)Sc1ccc(C(C)Nc2ncc(C(N)=O)cc2Cl)cc1. The fraction of sp³-hybridized carbons (Fsp3) is 0.294. The van der Waals surface area contributed by atoms with Crippen LogP contribution in [0, 0.1) is 0 Å². The van der Waals surface area contributed by atoms with E-state index in [1.165, 1.54) is 17.2 Å². The number of primary amides is 1. The lowest BCUT2D eigenvalue weighted by Crippen LogP contribution is -2.13. The molecule has 1 amide bonds. The molecule has 6 heteroatoms. The van der Waals surface area contributed by atoms with Crippen LogP contribution in [0.15, 0.2) is 41.4 Å². The Balaban J connectivity index is 2.09. The van der Waals surface area contributed by atoms with Gasteiger partial charge in [0.15, 0.2) is 0 Å². The normalized spacial score (nSPS) is 12.2. The zero-order valence-corrected chi connectivity index (χ0v) is 14.9. The summed E-state index contributed by atoms with van der Waals surface area (Å²) in [4.78, 5) is 16.5. The predicted molar refractivity (Wildman–Crippen MR) is 97.2 cm³/mol. The minimum atomic E-state index is -0.544. The molecule has 1 unspecified atom stereocenters. The topological polar surface area (TPSA) is 68.0 Å². The summed E-state index contributed by atoms with van der Waals surface area (Å²) in [7, 11) is 0. The Hall–Kier alpha value is -1.72. The molecule has 2 rings (SSSR count). The molecule has 0 fully saturated rings. The smallest absolute Gasteiger partial charge is 0.250 e. The van der Waals surface area contributed by atoms with Gasteiger partial charge in [-0.25, -0.2) is 4.98 Å². The third-order valence-electron chi connectivity index (χ3n) is 3.23. The number of nitrogens with one attached hydrogen (secondary N) is 1. The molecule has 2 aromatic rings. The molecule has 1 heterocycles. The van der Waals surface area contributed by atoms with E-state index in [0.29, 0.717) is 21.7 Å². The van der Waals surface area contributed by atoms with Crippen molar-refractivity contribution < 1.29 is 4.79 Å². The molecule has 4 nitrogen and oxygen atoms in total. The van der Waals surface area contributed by atoms with E-state index < -0.39 is 5.91 Å². The van der Waals surface area contributed by atoms with Gasteiger partial charge in [0, 0.05) is 22.4 Å². The van der Waals surface area contributed by atoms with Crippen molar-refractivity contribution in [2.75, 3.05) is 5.32 Å². The number of rotatable bonds is 6. The van der Waals surface area contributed by atoms with Crippen LogP contribution in [0.2, 0.25) is 5.02 Å². The highest BCUT2D eigenvalue weighted by molar-refractivity contribution is 7.99. The maximum absolute atomic E-state index is 11.1. The lowest BCUT2D eigenvalue weighted by Gasteiger charge is -2.16. The Morgan fingerprint density at radius 3 is 2.43 bits per heavy atom. The number of hydrogen-bond acceptors (Lipinski definition) is 4. The molecule has 122 valence electrons. The minimum Gasteiger partial charge on any atom is -0.366 e. The van der Waals surface area contributed by atoms with Crippen LogP contribution in [0.1, 0.15) is 42.7 Å². The van der Waals surface area contributed by atoms with Crippen molar-refractivity contribution in [3.63, 3.8) is 0 Å². The van der Waals surface area contributed by atoms with Crippen LogP contribution in [0.4, 0.5) is 5.82 Å². The zero-order chi connectivity index (χ0) is 17.0. The molecule has 0 radical (unpaired) electrons. The highest BCUT2D eigenvalue weighted by atomic mass is 35.5. The van der Waals surface area contributed by atoms with Gasteiger partial charge in [0.25, 0.3) is 0 Å². The number of halogens is 1. The number of pyridine rings is 1. The van der Waals surface area contributed by atoms with Gasteiger partial charge in [-0.1, -0.05) is 37.6 Å². The Labute approximate surface area is 145 Å². The quantitative estimate of drug-likeness (QED) is 0.753. The number of benzene rings is 1. The average Bonchev–Trinajstić information content (AvgIpc) is 2.49. The average molecular weight is 350 g/mol. The number of carbonyl (C=O) groups is 1. The maximum Gasteiger partial charge on any atom is 0.250 e. The Morgan fingerprint density at radius 2 is 1.91 bits per heavy atom. The van der Waals surface area contributed by atoms with Gasteiger partial charge < -0.3 is 11.1 Å². The third kappa shape index (κ3) is 4.88. The van der Waals surface area contributed by atoms with Crippen LogP contribution in [-0.4, -0.2) is 16.1 Å². The van der Waals surface area contributed by atoms with Crippen LogP contribution in [-0.2, 0) is 0 Å². The Morgan fingerprint density at radius 1 is 1.26 bits per heavy atom. The number of hydrogen-bond donors (Lipinski definition) is 2. The molecule has 0 saturated carbocycles. The summed E-state index contributed by atoms with van der Waals surface area (Å²) >= 11 is 7.98. The first-order valence-electron chi connectivity index (χ1n) is 7.35. The first kappa shape index (κ1) is 17.6. The van der Waals surface area contributed by atoms with Crippen LogP contribution < -0.4 is 11.1 Å². The van der Waals surface area contributed by atoms with Gasteiger partial charge in [-0.2, -0.15) is 0 Å². The highest BCUT2D eigenvalue weighted by Gasteiger charge is 2.11. The van der Waals surface area contributed by atoms with Crippen molar-refractivity contribution in [3.8, 4) is 0 Å². The molecule has 0 aliphatic carbocycles. The Bertz CT molecular complexity index is 689. The summed E-state index contributed by atoms with van der Waals surface area (Å²) in [6.45, 7) is 6.38. The number of amides is 1. The summed E-state index contributed by atoms with van der Waals surface area (Å²) in [5.74, 6) is -0.0120. The lowest BCUT2D eigenvalue weighted by molar-refractivity contribution is 0.1000. The van der Waals surface area contributed by atoms with Gasteiger partial charge in [-0.15, -0.1) is 11.8 Å². The van der Waals surface area contributed by atoms with Crippen molar-refractivity contribution in [3.05, 3.63) is 52.7 Å². The fourth-order valence-electron chi connectivity index (χ4n) is 2.07. The van der Waals surface area contributed by atoms with E-state index in [0.717, 1.165) is 5.56 Å². The molecule has 1 aromatic carbocycles. The van der Waals surface area contributed by atoms with Gasteiger partial charge in [0.1, 0.15) is 5.82 Å². The van der Waals surface area contributed by atoms with E-state index >= 15 is 0 Å². The summed E-state index contributed by atoms with van der Waals surface area (Å²) in [5.41, 5.74) is 6.64. The molecule has 0 aliphatic heterocycles. The second-order valence-electron chi connectivity index (χ2n) is 5.52. The van der Waals surface area contributed by atoms with E-state index in [9.17, 15) is 4.79 Å². The first-order chi connectivity index (χ1) is 10.9. The van der Waals surface area contributed by atoms with Crippen molar-refractivity contribution in [2.45, 2.75) is 37.0 Å². The van der Waals surface area contributed by atoms with Crippen LogP contribution >= 0.6 is 23.4 Å². The van der Waals surface area contributed by atoms with Crippen LogP contribution in [0.25, 0.3) is 0 Å². The van der Waals surface area contributed by atoms with Gasteiger partial charge in [0.05, 0.1) is 10.6 Å². The van der Waals surface area contributed by atoms with E-state index in [1.807, 2.05) is 18.7 Å². The molecule has 23 heavy (non-hydrogen) atoms. The third-order valence-corrected chi connectivity index (χ3v) is 4.53. The molecule has 0 bridgehead atoms. The minimum absolute atomic E-state index is 0.0394. The second-order valence-corrected chi connectivity index (χ2v) is 7.58. The Kier molecular flexibility index (Phi) is 5.91. The molecule has 1 aromatic heterocycles. The molecule has 0 aliphatic rings.